The maximum atomic E-state index is 5.82. The minimum Gasteiger partial charge on any atom is -0.371 e. The summed E-state index contributed by atoms with van der Waals surface area (Å²) in [7, 11) is 0. The molecule has 0 aromatic heterocycles. The summed E-state index contributed by atoms with van der Waals surface area (Å²) in [5.41, 5.74) is 1.25. The van der Waals surface area contributed by atoms with Gasteiger partial charge in [-0.2, -0.15) is 0 Å². The number of hydrogen-bond acceptors (Lipinski definition) is 1. The fraction of sp³-hybridized carbons (Fsp3) is 0.429. The van der Waals surface area contributed by atoms with E-state index in [2.05, 4.69) is 43.3 Å². The summed E-state index contributed by atoms with van der Waals surface area (Å²) in [5, 5.41) is 0. The molecule has 0 unspecified atom stereocenters. The van der Waals surface area contributed by atoms with Crippen LogP contribution in [-0.4, -0.2) is 12.2 Å². The summed E-state index contributed by atoms with van der Waals surface area (Å²) in [5.74, 6) is 0. The SMILES string of the molecule is C[C@H]1CCC[C@H](/C=C/c2ccccc2)O1. The first kappa shape index (κ1) is 10.4. The van der Waals surface area contributed by atoms with Gasteiger partial charge in [-0.25, -0.2) is 0 Å². The fourth-order valence-electron chi connectivity index (χ4n) is 1.97. The second-order valence-electron chi connectivity index (χ2n) is 4.19. The van der Waals surface area contributed by atoms with Crippen molar-refractivity contribution in [1.82, 2.24) is 0 Å². The molecule has 1 aromatic rings. The molecule has 0 saturated carbocycles. The normalized spacial score (nSPS) is 27.0. The average molecular weight is 202 g/mol. The molecular formula is C14H18O. The lowest BCUT2D eigenvalue weighted by Gasteiger charge is -2.25. The monoisotopic (exact) mass is 202 g/mol. The van der Waals surface area contributed by atoms with Gasteiger partial charge in [-0.05, 0) is 31.7 Å². The summed E-state index contributed by atoms with van der Waals surface area (Å²) in [6, 6.07) is 10.4. The van der Waals surface area contributed by atoms with Crippen molar-refractivity contribution in [2.24, 2.45) is 0 Å². The van der Waals surface area contributed by atoms with Gasteiger partial charge in [0.15, 0.2) is 0 Å². The Morgan fingerprint density at radius 2 is 2.00 bits per heavy atom. The average Bonchev–Trinajstić information content (AvgIpc) is 2.28. The van der Waals surface area contributed by atoms with Crippen molar-refractivity contribution in [2.45, 2.75) is 38.4 Å². The molecule has 1 aromatic carbocycles. The first-order chi connectivity index (χ1) is 7.34. The molecule has 1 nitrogen and oxygen atoms in total. The predicted molar refractivity (Wildman–Crippen MR) is 63.7 cm³/mol. The Kier molecular flexibility index (Phi) is 3.57. The Hall–Kier alpha value is -1.08. The first-order valence-corrected chi connectivity index (χ1v) is 5.73. The number of rotatable bonds is 2. The molecule has 15 heavy (non-hydrogen) atoms. The zero-order valence-corrected chi connectivity index (χ0v) is 9.23. The van der Waals surface area contributed by atoms with Crippen LogP contribution >= 0.6 is 0 Å². The molecule has 0 spiro atoms. The van der Waals surface area contributed by atoms with E-state index in [-0.39, 0.29) is 0 Å². The van der Waals surface area contributed by atoms with Gasteiger partial charge in [0.25, 0.3) is 0 Å². The Morgan fingerprint density at radius 1 is 1.20 bits per heavy atom. The van der Waals surface area contributed by atoms with Crippen LogP contribution in [0.25, 0.3) is 6.08 Å². The smallest absolute Gasteiger partial charge is 0.0762 e. The second kappa shape index (κ2) is 5.13. The van der Waals surface area contributed by atoms with E-state index < -0.39 is 0 Å². The summed E-state index contributed by atoms with van der Waals surface area (Å²) in [6.45, 7) is 2.16. The van der Waals surface area contributed by atoms with Gasteiger partial charge < -0.3 is 4.74 Å². The summed E-state index contributed by atoms with van der Waals surface area (Å²) < 4.78 is 5.82. The van der Waals surface area contributed by atoms with E-state index in [9.17, 15) is 0 Å². The second-order valence-corrected chi connectivity index (χ2v) is 4.19. The molecule has 0 bridgehead atoms. The Bertz CT molecular complexity index is 315. The minimum atomic E-state index is 0.314. The van der Waals surface area contributed by atoms with Crippen LogP contribution in [0.3, 0.4) is 0 Å². The third-order valence-corrected chi connectivity index (χ3v) is 2.81. The summed E-state index contributed by atoms with van der Waals surface area (Å²) in [6.07, 6.45) is 8.72. The lowest BCUT2D eigenvalue weighted by atomic mass is 10.0. The van der Waals surface area contributed by atoms with E-state index in [1.807, 2.05) is 6.07 Å². The van der Waals surface area contributed by atoms with E-state index in [1.165, 1.54) is 18.4 Å². The minimum absolute atomic E-state index is 0.314. The molecule has 1 aliphatic rings. The number of ether oxygens (including phenoxy) is 1. The zero-order chi connectivity index (χ0) is 10.5. The summed E-state index contributed by atoms with van der Waals surface area (Å²) in [4.78, 5) is 0. The van der Waals surface area contributed by atoms with Gasteiger partial charge in [0, 0.05) is 0 Å². The van der Waals surface area contributed by atoms with Crippen LogP contribution in [-0.2, 0) is 4.74 Å². The predicted octanol–water partition coefficient (Wildman–Crippen LogP) is 3.66. The van der Waals surface area contributed by atoms with Gasteiger partial charge in [0.1, 0.15) is 0 Å². The molecule has 1 fully saturated rings. The van der Waals surface area contributed by atoms with Crippen molar-refractivity contribution < 1.29 is 4.74 Å². The van der Waals surface area contributed by atoms with Crippen molar-refractivity contribution >= 4 is 6.08 Å². The topological polar surface area (TPSA) is 9.23 Å². The van der Waals surface area contributed by atoms with Crippen LogP contribution in [0.5, 0.6) is 0 Å². The lowest BCUT2D eigenvalue weighted by Crippen LogP contribution is -2.23. The molecule has 0 amide bonds. The van der Waals surface area contributed by atoms with E-state index in [0.717, 1.165) is 6.42 Å². The molecule has 0 aliphatic carbocycles. The highest BCUT2D eigenvalue weighted by atomic mass is 16.5. The van der Waals surface area contributed by atoms with Crippen LogP contribution in [0, 0.1) is 0 Å². The van der Waals surface area contributed by atoms with Crippen LogP contribution in [0.4, 0.5) is 0 Å². The molecule has 1 saturated heterocycles. The van der Waals surface area contributed by atoms with Crippen molar-refractivity contribution in [2.75, 3.05) is 0 Å². The highest BCUT2D eigenvalue weighted by Gasteiger charge is 2.15. The van der Waals surface area contributed by atoms with Gasteiger partial charge in [0.2, 0.25) is 0 Å². The zero-order valence-electron chi connectivity index (χ0n) is 9.23. The largest absolute Gasteiger partial charge is 0.371 e. The Labute approximate surface area is 91.8 Å². The highest BCUT2D eigenvalue weighted by Crippen LogP contribution is 2.20. The van der Waals surface area contributed by atoms with Crippen LogP contribution in [0.1, 0.15) is 31.7 Å². The molecule has 0 radical (unpaired) electrons. The lowest BCUT2D eigenvalue weighted by molar-refractivity contribution is -0.0137. The van der Waals surface area contributed by atoms with E-state index in [0.29, 0.717) is 12.2 Å². The van der Waals surface area contributed by atoms with Gasteiger partial charge >= 0.3 is 0 Å². The van der Waals surface area contributed by atoms with Crippen LogP contribution < -0.4 is 0 Å². The van der Waals surface area contributed by atoms with Gasteiger partial charge in [-0.15, -0.1) is 0 Å². The van der Waals surface area contributed by atoms with Crippen molar-refractivity contribution in [3.05, 3.63) is 42.0 Å². The molecule has 2 rings (SSSR count). The quantitative estimate of drug-likeness (QED) is 0.711. The number of hydrogen-bond donors (Lipinski definition) is 0. The van der Waals surface area contributed by atoms with Crippen molar-refractivity contribution in [3.63, 3.8) is 0 Å². The molecule has 2 atom stereocenters. The molecule has 80 valence electrons. The van der Waals surface area contributed by atoms with Crippen molar-refractivity contribution in [1.29, 1.82) is 0 Å². The Morgan fingerprint density at radius 3 is 2.73 bits per heavy atom. The third kappa shape index (κ3) is 3.21. The third-order valence-electron chi connectivity index (χ3n) is 2.81. The maximum absolute atomic E-state index is 5.82. The highest BCUT2D eigenvalue weighted by molar-refractivity contribution is 5.49. The molecule has 0 N–H and O–H groups in total. The Balaban J connectivity index is 1.93. The first-order valence-electron chi connectivity index (χ1n) is 5.73. The van der Waals surface area contributed by atoms with Gasteiger partial charge in [0.05, 0.1) is 12.2 Å². The van der Waals surface area contributed by atoms with Gasteiger partial charge in [-0.1, -0.05) is 42.5 Å². The van der Waals surface area contributed by atoms with E-state index >= 15 is 0 Å². The maximum Gasteiger partial charge on any atom is 0.0762 e. The molecule has 1 heterocycles. The fourth-order valence-corrected chi connectivity index (χ4v) is 1.97. The van der Waals surface area contributed by atoms with Gasteiger partial charge in [-0.3, -0.25) is 0 Å². The number of benzene rings is 1. The molecule has 1 heteroatoms. The van der Waals surface area contributed by atoms with E-state index in [1.54, 1.807) is 0 Å². The van der Waals surface area contributed by atoms with E-state index in [4.69, 9.17) is 4.74 Å². The molecular weight excluding hydrogens is 184 g/mol. The van der Waals surface area contributed by atoms with Crippen molar-refractivity contribution in [3.8, 4) is 0 Å². The summed E-state index contributed by atoms with van der Waals surface area (Å²) >= 11 is 0. The van der Waals surface area contributed by atoms with Crippen LogP contribution in [0.2, 0.25) is 0 Å². The van der Waals surface area contributed by atoms with Crippen LogP contribution in [0.15, 0.2) is 36.4 Å². The standard InChI is InChI=1S/C14H18O/c1-12-6-5-9-14(15-12)11-10-13-7-3-2-4-8-13/h2-4,7-8,10-12,14H,5-6,9H2,1H3/b11-10+/t12-,14+/m0/s1. The molecule has 1 aliphatic heterocycles.